The van der Waals surface area contributed by atoms with Gasteiger partial charge in [0.1, 0.15) is 5.82 Å². The molecule has 0 radical (unpaired) electrons. The topological polar surface area (TPSA) is 28.6 Å². The smallest absolute Gasteiger partial charge is 0.257 e. The average Bonchev–Trinajstić information content (AvgIpc) is 3.06. The maximum Gasteiger partial charge on any atom is 0.257 e. The number of nitrogens with zero attached hydrogens (tertiary/aromatic N) is 3. The fourth-order valence-electron chi connectivity index (χ4n) is 4.67. The van der Waals surface area contributed by atoms with Crippen molar-refractivity contribution in [2.45, 2.75) is 31.6 Å². The van der Waals surface area contributed by atoms with Crippen molar-refractivity contribution >= 4 is 5.82 Å². The number of rotatable bonds is 3. The predicted octanol–water partition coefficient (Wildman–Crippen LogP) is 3.05. The second kappa shape index (κ2) is 6.80. The molecule has 138 valence electrons. The van der Waals surface area contributed by atoms with Gasteiger partial charge in [-0.15, -0.1) is 0 Å². The number of anilines is 1. The summed E-state index contributed by atoms with van der Waals surface area (Å²) in [5.74, 6) is -1.19. The van der Waals surface area contributed by atoms with Crippen LogP contribution in [-0.2, 0) is 4.74 Å². The zero-order valence-corrected chi connectivity index (χ0v) is 14.7. The van der Waals surface area contributed by atoms with Crippen LogP contribution in [0.3, 0.4) is 0 Å². The fourth-order valence-corrected chi connectivity index (χ4v) is 4.67. The van der Waals surface area contributed by atoms with Crippen molar-refractivity contribution in [1.29, 1.82) is 0 Å². The summed E-state index contributed by atoms with van der Waals surface area (Å²) in [5, 5.41) is 0. The van der Waals surface area contributed by atoms with Gasteiger partial charge in [0.05, 0.1) is 5.41 Å². The Balaban J connectivity index is 1.46. The van der Waals surface area contributed by atoms with E-state index in [-0.39, 0.29) is 6.42 Å². The largest absolute Gasteiger partial charge is 0.381 e. The Morgan fingerprint density at radius 2 is 1.96 bits per heavy atom. The Morgan fingerprint density at radius 1 is 1.12 bits per heavy atom. The van der Waals surface area contributed by atoms with Crippen LogP contribution in [0.2, 0.25) is 0 Å². The maximum absolute atomic E-state index is 14.9. The van der Waals surface area contributed by atoms with Crippen LogP contribution < -0.4 is 4.90 Å². The van der Waals surface area contributed by atoms with Crippen LogP contribution in [0.5, 0.6) is 0 Å². The summed E-state index contributed by atoms with van der Waals surface area (Å²) in [5.41, 5.74) is -0.937. The van der Waals surface area contributed by atoms with Gasteiger partial charge in [-0.05, 0) is 37.3 Å². The number of hydrogen-bond acceptors (Lipinski definition) is 4. The Hall–Kier alpha value is -1.27. The lowest BCUT2D eigenvalue weighted by Gasteiger charge is -2.47. The van der Waals surface area contributed by atoms with Crippen molar-refractivity contribution in [3.8, 4) is 0 Å². The van der Waals surface area contributed by atoms with Crippen LogP contribution in [0.1, 0.15) is 25.7 Å². The molecular weight excluding hydrogens is 324 g/mol. The van der Waals surface area contributed by atoms with E-state index in [4.69, 9.17) is 4.74 Å². The van der Waals surface area contributed by atoms with E-state index in [0.717, 1.165) is 38.4 Å². The minimum absolute atomic E-state index is 0.0215. The number of aromatic nitrogens is 1. The first-order valence-corrected chi connectivity index (χ1v) is 9.42. The number of hydrogen-bond donors (Lipinski definition) is 0. The van der Waals surface area contributed by atoms with Crippen LogP contribution in [0.25, 0.3) is 0 Å². The van der Waals surface area contributed by atoms with E-state index in [9.17, 15) is 8.78 Å². The standard InChI is InChI=1S/C19H27F2N3O/c20-19(21)7-9-23(13-16-4-11-25-12-5-16)14-18(19)6-10-24(15-18)17-3-1-2-8-22-17/h1-3,8,16H,4-7,9-15H2. The molecule has 0 amide bonds. The third-order valence-corrected chi connectivity index (χ3v) is 6.23. The van der Waals surface area contributed by atoms with E-state index >= 15 is 0 Å². The third-order valence-electron chi connectivity index (χ3n) is 6.23. The van der Waals surface area contributed by atoms with Crippen LogP contribution in [0.4, 0.5) is 14.6 Å². The van der Waals surface area contributed by atoms with Crippen molar-refractivity contribution in [3.63, 3.8) is 0 Å². The highest BCUT2D eigenvalue weighted by atomic mass is 19.3. The first kappa shape index (κ1) is 17.2. The summed E-state index contributed by atoms with van der Waals surface area (Å²) in [6, 6.07) is 5.70. The zero-order valence-electron chi connectivity index (χ0n) is 14.7. The molecule has 3 aliphatic rings. The molecule has 0 saturated carbocycles. The quantitative estimate of drug-likeness (QED) is 0.837. The summed E-state index contributed by atoms with van der Waals surface area (Å²) in [7, 11) is 0. The Kier molecular flexibility index (Phi) is 4.67. The van der Waals surface area contributed by atoms with Gasteiger partial charge in [0.25, 0.3) is 5.92 Å². The highest BCUT2D eigenvalue weighted by Crippen LogP contribution is 2.50. The number of likely N-dealkylation sites (tertiary alicyclic amines) is 1. The number of pyridine rings is 1. The highest BCUT2D eigenvalue weighted by molar-refractivity contribution is 5.40. The van der Waals surface area contributed by atoms with Crippen molar-refractivity contribution < 1.29 is 13.5 Å². The monoisotopic (exact) mass is 351 g/mol. The second-order valence-corrected chi connectivity index (χ2v) is 7.89. The molecule has 0 aromatic carbocycles. The lowest BCUT2D eigenvalue weighted by Crippen LogP contribution is -2.57. The molecule has 4 nitrogen and oxygen atoms in total. The van der Waals surface area contributed by atoms with Crippen LogP contribution in [0, 0.1) is 11.3 Å². The highest BCUT2D eigenvalue weighted by Gasteiger charge is 2.59. The zero-order chi connectivity index (χ0) is 17.3. The molecule has 4 rings (SSSR count). The Morgan fingerprint density at radius 3 is 2.72 bits per heavy atom. The number of halogens is 2. The molecule has 3 fully saturated rings. The number of alkyl halides is 2. The molecule has 0 aliphatic carbocycles. The average molecular weight is 351 g/mol. The number of piperidine rings is 1. The number of ether oxygens (including phenoxy) is 1. The van der Waals surface area contributed by atoms with Gasteiger partial charge >= 0.3 is 0 Å². The summed E-state index contributed by atoms with van der Waals surface area (Å²) in [4.78, 5) is 8.67. The molecule has 1 unspecified atom stereocenters. The SMILES string of the molecule is FC1(F)CCN(CC2CCOCC2)CC12CCN(c1ccccn1)C2. The molecule has 1 spiro atoms. The first-order valence-electron chi connectivity index (χ1n) is 9.42. The molecule has 0 N–H and O–H groups in total. The first-order chi connectivity index (χ1) is 12.1. The van der Waals surface area contributed by atoms with Crippen molar-refractivity contribution in [2.75, 3.05) is 50.8 Å². The van der Waals surface area contributed by atoms with Crippen molar-refractivity contribution in [3.05, 3.63) is 24.4 Å². The lowest BCUT2D eigenvalue weighted by molar-refractivity contribution is -0.159. The summed E-state index contributed by atoms with van der Waals surface area (Å²) in [6.07, 6.45) is 4.36. The van der Waals surface area contributed by atoms with Gasteiger partial charge in [0, 0.05) is 58.6 Å². The predicted molar refractivity (Wildman–Crippen MR) is 93.0 cm³/mol. The Labute approximate surface area is 148 Å². The van der Waals surface area contributed by atoms with Gasteiger partial charge < -0.3 is 14.5 Å². The molecule has 3 saturated heterocycles. The van der Waals surface area contributed by atoms with Crippen LogP contribution in [-0.4, -0.2) is 61.7 Å². The van der Waals surface area contributed by atoms with E-state index in [2.05, 4.69) is 9.88 Å². The van der Waals surface area contributed by atoms with Crippen LogP contribution >= 0.6 is 0 Å². The molecule has 1 aromatic heterocycles. The van der Waals surface area contributed by atoms with E-state index in [0.29, 0.717) is 38.5 Å². The minimum Gasteiger partial charge on any atom is -0.381 e. The van der Waals surface area contributed by atoms with Gasteiger partial charge in [-0.3, -0.25) is 0 Å². The second-order valence-electron chi connectivity index (χ2n) is 7.89. The maximum atomic E-state index is 14.9. The van der Waals surface area contributed by atoms with E-state index in [1.54, 1.807) is 6.20 Å². The molecule has 25 heavy (non-hydrogen) atoms. The normalized spacial score (nSPS) is 30.9. The molecule has 3 aliphatic heterocycles. The summed E-state index contributed by atoms with van der Waals surface area (Å²) >= 11 is 0. The summed E-state index contributed by atoms with van der Waals surface area (Å²) < 4.78 is 35.3. The van der Waals surface area contributed by atoms with Gasteiger partial charge in [-0.2, -0.15) is 0 Å². The van der Waals surface area contributed by atoms with Gasteiger partial charge in [0.15, 0.2) is 0 Å². The van der Waals surface area contributed by atoms with Gasteiger partial charge in [-0.1, -0.05) is 6.07 Å². The molecular formula is C19H27F2N3O. The van der Waals surface area contributed by atoms with E-state index < -0.39 is 11.3 Å². The molecule has 1 atom stereocenters. The molecule has 1 aromatic rings. The summed E-state index contributed by atoms with van der Waals surface area (Å²) in [6.45, 7) is 4.64. The molecule has 4 heterocycles. The Bertz CT molecular complexity index is 579. The van der Waals surface area contributed by atoms with E-state index in [1.165, 1.54) is 0 Å². The van der Waals surface area contributed by atoms with Crippen molar-refractivity contribution in [1.82, 2.24) is 9.88 Å². The van der Waals surface area contributed by atoms with Crippen molar-refractivity contribution in [2.24, 2.45) is 11.3 Å². The molecule has 0 bridgehead atoms. The lowest BCUT2D eigenvalue weighted by atomic mass is 9.75. The van der Waals surface area contributed by atoms with E-state index in [1.807, 2.05) is 23.1 Å². The van der Waals surface area contributed by atoms with Gasteiger partial charge in [0.2, 0.25) is 0 Å². The van der Waals surface area contributed by atoms with Gasteiger partial charge in [-0.25, -0.2) is 13.8 Å². The van der Waals surface area contributed by atoms with Crippen LogP contribution in [0.15, 0.2) is 24.4 Å². The third kappa shape index (κ3) is 3.38. The molecule has 6 heteroatoms. The fraction of sp³-hybridized carbons (Fsp3) is 0.737. The minimum atomic E-state index is -2.59.